The standard InChI is InChI=1S/C41H68O6Si2/c1-15-34(46-49(16-2,17-3)18-4)41(11,12)38(43)36(42)30(6)29(5)31(7)45-39(44)37(47-48(13,14)40(8,9)10)35(32-25-21-19-22-26-32)33-27-23-20-24-28-33/h19-28,31,34-38,42-43H,15-18H2,1-14H3/b30-29+/t31?,34?,36-,37+,38-/m0/s1. The van der Waals surface area contributed by atoms with Gasteiger partial charge in [-0.3, -0.25) is 0 Å². The Morgan fingerprint density at radius 1 is 0.755 bits per heavy atom. The number of esters is 1. The average molecular weight is 713 g/mol. The maximum atomic E-state index is 14.4. The summed E-state index contributed by atoms with van der Waals surface area (Å²) in [5.74, 6) is -0.831. The van der Waals surface area contributed by atoms with Crippen molar-refractivity contribution in [1.82, 2.24) is 0 Å². The lowest BCUT2D eigenvalue weighted by molar-refractivity contribution is -0.156. The van der Waals surface area contributed by atoms with Crippen molar-refractivity contribution in [3.05, 3.63) is 82.9 Å². The summed E-state index contributed by atoms with van der Waals surface area (Å²) in [4.78, 5) is 14.4. The highest BCUT2D eigenvalue weighted by Gasteiger charge is 2.46. The molecule has 5 atom stereocenters. The molecule has 0 fully saturated rings. The zero-order valence-electron chi connectivity index (χ0n) is 33.1. The van der Waals surface area contributed by atoms with Crippen molar-refractivity contribution in [2.75, 3.05) is 0 Å². The Bertz CT molecular complexity index is 1280. The largest absolute Gasteiger partial charge is 0.456 e. The molecule has 276 valence electrons. The second-order valence-corrected chi connectivity index (χ2v) is 25.5. The van der Waals surface area contributed by atoms with E-state index in [1.54, 1.807) is 0 Å². The quantitative estimate of drug-likeness (QED) is 0.0909. The van der Waals surface area contributed by atoms with E-state index in [9.17, 15) is 15.0 Å². The fourth-order valence-electron chi connectivity index (χ4n) is 6.39. The van der Waals surface area contributed by atoms with E-state index in [1.165, 1.54) is 0 Å². The smallest absolute Gasteiger partial charge is 0.335 e. The van der Waals surface area contributed by atoms with E-state index < -0.39 is 52.4 Å². The minimum absolute atomic E-state index is 0.137. The molecule has 8 heteroatoms. The summed E-state index contributed by atoms with van der Waals surface area (Å²) in [6, 6.07) is 23.1. The molecule has 0 aromatic heterocycles. The topological polar surface area (TPSA) is 85.2 Å². The summed E-state index contributed by atoms with van der Waals surface area (Å²) in [5, 5.41) is 23.2. The van der Waals surface area contributed by atoms with Gasteiger partial charge in [-0.25, -0.2) is 4.79 Å². The molecule has 2 aromatic rings. The molecule has 0 saturated heterocycles. The summed E-state index contributed by atoms with van der Waals surface area (Å²) < 4.78 is 20.1. The number of aliphatic hydroxyl groups is 2. The van der Waals surface area contributed by atoms with E-state index in [-0.39, 0.29) is 17.1 Å². The lowest BCUT2D eigenvalue weighted by atomic mass is 9.75. The molecule has 2 unspecified atom stereocenters. The third-order valence-electron chi connectivity index (χ3n) is 11.6. The first-order chi connectivity index (χ1) is 22.7. The number of rotatable bonds is 18. The van der Waals surface area contributed by atoms with Crippen LogP contribution in [0.25, 0.3) is 0 Å². The van der Waals surface area contributed by atoms with Gasteiger partial charge in [0.2, 0.25) is 0 Å². The summed E-state index contributed by atoms with van der Waals surface area (Å²) >= 11 is 0. The Hall–Kier alpha value is -2.08. The van der Waals surface area contributed by atoms with Gasteiger partial charge in [0, 0.05) is 11.3 Å². The number of benzene rings is 2. The molecule has 49 heavy (non-hydrogen) atoms. The predicted molar refractivity (Wildman–Crippen MR) is 209 cm³/mol. The number of hydrogen-bond donors (Lipinski definition) is 2. The molecule has 2 aromatic carbocycles. The highest BCUT2D eigenvalue weighted by molar-refractivity contribution is 6.74. The van der Waals surface area contributed by atoms with Gasteiger partial charge in [-0.2, -0.15) is 0 Å². The summed E-state index contributed by atoms with van der Waals surface area (Å²) in [5.41, 5.74) is 2.52. The monoisotopic (exact) mass is 712 g/mol. The van der Waals surface area contributed by atoms with Crippen LogP contribution in [-0.4, -0.2) is 63.3 Å². The number of carbonyl (C=O) groups is 1. The minimum atomic E-state index is -2.45. The first-order valence-electron chi connectivity index (χ1n) is 18.4. The van der Waals surface area contributed by atoms with Crippen LogP contribution in [0.5, 0.6) is 0 Å². The molecule has 0 amide bonds. The Morgan fingerprint density at radius 3 is 1.59 bits per heavy atom. The van der Waals surface area contributed by atoms with E-state index in [2.05, 4.69) is 61.6 Å². The van der Waals surface area contributed by atoms with Crippen LogP contribution in [0.15, 0.2) is 71.8 Å². The van der Waals surface area contributed by atoms with Crippen LogP contribution in [0.1, 0.15) is 107 Å². The van der Waals surface area contributed by atoms with E-state index >= 15 is 0 Å². The zero-order valence-corrected chi connectivity index (χ0v) is 35.1. The molecule has 0 aliphatic rings. The molecule has 6 nitrogen and oxygen atoms in total. The minimum Gasteiger partial charge on any atom is -0.456 e. The number of carbonyl (C=O) groups excluding carboxylic acids is 1. The summed E-state index contributed by atoms with van der Waals surface area (Å²) in [6.07, 6.45) is -3.25. The van der Waals surface area contributed by atoms with Crippen molar-refractivity contribution in [2.24, 2.45) is 5.41 Å². The first-order valence-corrected chi connectivity index (χ1v) is 23.9. The summed E-state index contributed by atoms with van der Waals surface area (Å²) in [7, 11) is -4.40. The molecule has 0 aliphatic heterocycles. The Labute approximate surface area is 300 Å². The van der Waals surface area contributed by atoms with E-state index in [0.717, 1.165) is 35.7 Å². The van der Waals surface area contributed by atoms with Gasteiger partial charge in [-0.1, -0.05) is 123 Å². The van der Waals surface area contributed by atoms with Crippen LogP contribution in [0, 0.1) is 5.41 Å². The highest BCUT2D eigenvalue weighted by Crippen LogP contribution is 2.42. The van der Waals surface area contributed by atoms with Gasteiger partial charge in [0.05, 0.1) is 12.2 Å². The second kappa shape index (κ2) is 17.9. The van der Waals surface area contributed by atoms with Gasteiger partial charge < -0.3 is 23.8 Å². The molecule has 0 heterocycles. The van der Waals surface area contributed by atoms with Crippen molar-refractivity contribution in [3.63, 3.8) is 0 Å². The van der Waals surface area contributed by atoms with Crippen LogP contribution in [0.3, 0.4) is 0 Å². The van der Waals surface area contributed by atoms with Crippen LogP contribution in [0.2, 0.25) is 36.3 Å². The van der Waals surface area contributed by atoms with Crippen LogP contribution < -0.4 is 0 Å². The van der Waals surface area contributed by atoms with Crippen LogP contribution in [-0.2, 0) is 18.4 Å². The van der Waals surface area contributed by atoms with Gasteiger partial charge in [-0.15, -0.1) is 0 Å². The predicted octanol–water partition coefficient (Wildman–Crippen LogP) is 10.0. The maximum absolute atomic E-state index is 14.4. The van der Waals surface area contributed by atoms with Gasteiger partial charge in [0.15, 0.2) is 22.7 Å². The average Bonchev–Trinajstić information content (AvgIpc) is 3.07. The second-order valence-electron chi connectivity index (χ2n) is 16.0. The lowest BCUT2D eigenvalue weighted by Crippen LogP contribution is -2.52. The maximum Gasteiger partial charge on any atom is 0.335 e. The number of ether oxygens (including phenoxy) is 1. The van der Waals surface area contributed by atoms with Gasteiger partial charge in [-0.05, 0) is 85.7 Å². The Morgan fingerprint density at radius 2 is 1.20 bits per heavy atom. The summed E-state index contributed by atoms with van der Waals surface area (Å²) in [6.45, 7) is 29.0. The number of aliphatic hydroxyl groups excluding tert-OH is 2. The van der Waals surface area contributed by atoms with E-state index in [4.69, 9.17) is 13.6 Å². The van der Waals surface area contributed by atoms with Gasteiger partial charge in [0.1, 0.15) is 12.2 Å². The van der Waals surface area contributed by atoms with Crippen LogP contribution in [0.4, 0.5) is 0 Å². The molecular weight excluding hydrogens is 645 g/mol. The van der Waals surface area contributed by atoms with Crippen molar-refractivity contribution in [1.29, 1.82) is 0 Å². The Kier molecular flexibility index (Phi) is 15.8. The highest BCUT2D eigenvalue weighted by atomic mass is 28.4. The molecule has 0 saturated carbocycles. The molecule has 2 N–H and O–H groups in total. The third-order valence-corrected chi connectivity index (χ3v) is 20.7. The van der Waals surface area contributed by atoms with Crippen LogP contribution >= 0.6 is 0 Å². The fraction of sp³-hybridized carbons (Fsp3) is 0.634. The van der Waals surface area contributed by atoms with Gasteiger partial charge in [0.25, 0.3) is 0 Å². The van der Waals surface area contributed by atoms with Crippen molar-refractivity contribution in [3.8, 4) is 0 Å². The van der Waals surface area contributed by atoms with Crippen molar-refractivity contribution < 1.29 is 28.6 Å². The van der Waals surface area contributed by atoms with Gasteiger partial charge >= 0.3 is 5.97 Å². The SMILES string of the molecule is CCC(O[Si](CC)(CC)CC)C(C)(C)[C@@H](O)[C@@H](O)/C(C)=C(\C)C(C)OC(=O)[C@H](O[Si](C)(C)C(C)(C)C)C(c1ccccc1)c1ccccc1. The molecular formula is C41H68O6Si2. The van der Waals surface area contributed by atoms with E-state index in [1.807, 2.05) is 95.3 Å². The molecule has 0 bridgehead atoms. The lowest BCUT2D eigenvalue weighted by Gasteiger charge is -2.44. The molecule has 0 aliphatic carbocycles. The zero-order chi connectivity index (χ0) is 37.4. The molecule has 2 rings (SSSR count). The normalized spacial score (nSPS) is 16.8. The third kappa shape index (κ3) is 10.5. The van der Waals surface area contributed by atoms with E-state index in [0.29, 0.717) is 11.1 Å². The molecule has 0 spiro atoms. The molecule has 0 radical (unpaired) electrons. The Balaban J connectivity index is 2.48. The van der Waals surface area contributed by atoms with Crippen molar-refractivity contribution in [2.45, 2.75) is 162 Å². The van der Waals surface area contributed by atoms with Crippen molar-refractivity contribution >= 4 is 22.6 Å². The first kappa shape index (κ1) is 43.1. The fourth-order valence-corrected chi connectivity index (χ4v) is 10.7. The number of hydrogen-bond acceptors (Lipinski definition) is 6.